The van der Waals surface area contributed by atoms with Gasteiger partial charge in [0.15, 0.2) is 6.61 Å². The zero-order chi connectivity index (χ0) is 16.9. The number of carboxylic acid groups (broad SMARTS) is 1. The summed E-state index contributed by atoms with van der Waals surface area (Å²) in [6.07, 6.45) is -3.41. The molecule has 0 amide bonds. The molecule has 0 saturated heterocycles. The molecule has 23 heavy (non-hydrogen) atoms. The molecule has 0 bridgehead atoms. The van der Waals surface area contributed by atoms with Gasteiger partial charge < -0.3 is 14.7 Å². The lowest BCUT2D eigenvalue weighted by Crippen LogP contribution is -2.16. The number of thiophene rings is 1. The molecule has 2 aromatic rings. The van der Waals surface area contributed by atoms with Crippen molar-refractivity contribution in [3.63, 3.8) is 0 Å². The van der Waals surface area contributed by atoms with Crippen LogP contribution in [0.4, 0.5) is 13.2 Å². The number of nitrogens with zero attached hydrogens (tertiary/aromatic N) is 1. The Kier molecular flexibility index (Phi) is 5.22. The maximum Gasteiger partial charge on any atom is 0.573 e. The molecule has 0 aliphatic carbocycles. The Morgan fingerprint density at radius 1 is 1.22 bits per heavy atom. The van der Waals surface area contributed by atoms with Crippen LogP contribution in [0.3, 0.4) is 0 Å². The highest BCUT2D eigenvalue weighted by Crippen LogP contribution is 2.22. The van der Waals surface area contributed by atoms with Crippen molar-refractivity contribution in [2.75, 3.05) is 0 Å². The molecule has 2 rings (SSSR count). The Balaban J connectivity index is 1.84. The summed E-state index contributed by atoms with van der Waals surface area (Å²) in [6, 6.07) is 8.19. The lowest BCUT2D eigenvalue weighted by Gasteiger charge is -2.08. The summed E-state index contributed by atoms with van der Waals surface area (Å²) in [4.78, 5) is 16.6. The summed E-state index contributed by atoms with van der Waals surface area (Å²) in [5, 5.41) is 12.4. The van der Waals surface area contributed by atoms with E-state index < -0.39 is 12.3 Å². The van der Waals surface area contributed by atoms with Gasteiger partial charge in [0, 0.05) is 4.88 Å². The molecular formula is C14H10F3NO4S. The third-order valence-electron chi connectivity index (χ3n) is 2.47. The van der Waals surface area contributed by atoms with E-state index in [0.29, 0.717) is 10.4 Å². The predicted molar refractivity (Wildman–Crippen MR) is 76.8 cm³/mol. The van der Waals surface area contributed by atoms with Crippen LogP contribution in [0.2, 0.25) is 0 Å². The van der Waals surface area contributed by atoms with Gasteiger partial charge in [-0.2, -0.15) is 0 Å². The second-order valence-electron chi connectivity index (χ2n) is 4.20. The fourth-order valence-corrected chi connectivity index (χ4v) is 2.28. The number of alkyl halides is 3. The van der Waals surface area contributed by atoms with E-state index in [1.165, 1.54) is 24.4 Å². The van der Waals surface area contributed by atoms with Gasteiger partial charge in [-0.05, 0) is 42.0 Å². The van der Waals surface area contributed by atoms with Gasteiger partial charge >= 0.3 is 12.3 Å². The normalized spacial score (nSPS) is 11.6. The molecular weight excluding hydrogens is 335 g/mol. The van der Waals surface area contributed by atoms with E-state index in [9.17, 15) is 18.0 Å². The first-order valence-electron chi connectivity index (χ1n) is 6.16. The summed E-state index contributed by atoms with van der Waals surface area (Å²) >= 11 is 1.07. The average Bonchev–Trinajstić information content (AvgIpc) is 2.93. The lowest BCUT2D eigenvalue weighted by molar-refractivity contribution is -0.274. The number of hydrogen-bond donors (Lipinski definition) is 1. The van der Waals surface area contributed by atoms with Gasteiger partial charge in [0.25, 0.3) is 0 Å². The molecule has 122 valence electrons. The van der Waals surface area contributed by atoms with Crippen LogP contribution in [0, 0.1) is 0 Å². The van der Waals surface area contributed by atoms with E-state index in [-0.39, 0.29) is 17.2 Å². The molecule has 1 aromatic heterocycles. The number of oxime groups is 1. The molecule has 1 N–H and O–H groups in total. The topological polar surface area (TPSA) is 68.1 Å². The van der Waals surface area contributed by atoms with E-state index >= 15 is 0 Å². The van der Waals surface area contributed by atoms with Crippen molar-refractivity contribution in [3.05, 3.63) is 51.7 Å². The van der Waals surface area contributed by atoms with E-state index in [2.05, 4.69) is 9.89 Å². The van der Waals surface area contributed by atoms with Gasteiger partial charge in [-0.1, -0.05) is 5.16 Å². The highest BCUT2D eigenvalue weighted by molar-refractivity contribution is 7.13. The van der Waals surface area contributed by atoms with Crippen molar-refractivity contribution in [3.8, 4) is 5.75 Å². The van der Waals surface area contributed by atoms with Gasteiger partial charge in [-0.25, -0.2) is 4.79 Å². The van der Waals surface area contributed by atoms with E-state index in [4.69, 9.17) is 9.94 Å². The highest BCUT2D eigenvalue weighted by atomic mass is 32.1. The smallest absolute Gasteiger partial charge is 0.477 e. The molecule has 1 aromatic carbocycles. The van der Waals surface area contributed by atoms with Crippen molar-refractivity contribution in [1.29, 1.82) is 0 Å². The Morgan fingerprint density at radius 2 is 1.91 bits per heavy atom. The van der Waals surface area contributed by atoms with Gasteiger partial charge in [-0.15, -0.1) is 24.5 Å². The third kappa shape index (κ3) is 5.62. The number of rotatable bonds is 6. The second kappa shape index (κ2) is 7.14. The summed E-state index contributed by atoms with van der Waals surface area (Å²) in [6.45, 7) is 0.101. The fraction of sp³-hybridized carbons (Fsp3) is 0.143. The molecule has 0 unspecified atom stereocenters. The molecule has 0 spiro atoms. The maximum atomic E-state index is 12.0. The zero-order valence-electron chi connectivity index (χ0n) is 11.4. The molecule has 0 aliphatic rings. The largest absolute Gasteiger partial charge is 0.573 e. The molecule has 9 heteroatoms. The summed E-state index contributed by atoms with van der Waals surface area (Å²) in [5.41, 5.74) is 0.525. The first-order valence-corrected chi connectivity index (χ1v) is 6.98. The van der Waals surface area contributed by atoms with E-state index in [1.54, 1.807) is 6.07 Å². The van der Waals surface area contributed by atoms with Crippen molar-refractivity contribution in [1.82, 2.24) is 0 Å². The Labute approximate surface area is 132 Å². The van der Waals surface area contributed by atoms with E-state index in [0.717, 1.165) is 23.5 Å². The average molecular weight is 345 g/mol. The summed E-state index contributed by atoms with van der Waals surface area (Å²) < 4.78 is 39.7. The Morgan fingerprint density at radius 3 is 2.48 bits per heavy atom. The molecule has 0 aliphatic heterocycles. The summed E-state index contributed by atoms with van der Waals surface area (Å²) in [7, 11) is 0. The van der Waals surface area contributed by atoms with Crippen LogP contribution in [0.25, 0.3) is 0 Å². The first kappa shape index (κ1) is 16.8. The Hall–Kier alpha value is -2.55. The first-order chi connectivity index (χ1) is 10.8. The van der Waals surface area contributed by atoms with Crippen LogP contribution < -0.4 is 4.74 Å². The van der Waals surface area contributed by atoms with Crippen LogP contribution in [0.5, 0.6) is 5.75 Å². The molecule has 0 atom stereocenters. The lowest BCUT2D eigenvalue weighted by atomic mass is 10.2. The SMILES string of the molecule is O=C(O)c1ccc(CO/N=C\c2ccc(OC(F)(F)F)cc2)s1. The van der Waals surface area contributed by atoms with Crippen LogP contribution >= 0.6 is 11.3 Å². The van der Waals surface area contributed by atoms with Crippen molar-refractivity contribution in [2.24, 2.45) is 5.16 Å². The molecule has 0 saturated carbocycles. The minimum absolute atomic E-state index is 0.101. The number of carbonyl (C=O) groups is 1. The van der Waals surface area contributed by atoms with Crippen LogP contribution in [-0.4, -0.2) is 23.7 Å². The van der Waals surface area contributed by atoms with Gasteiger partial charge in [0.1, 0.15) is 10.6 Å². The molecule has 0 fully saturated rings. The predicted octanol–water partition coefficient (Wildman–Crippen LogP) is 3.90. The zero-order valence-corrected chi connectivity index (χ0v) is 12.2. The van der Waals surface area contributed by atoms with Crippen LogP contribution in [0.15, 0.2) is 41.6 Å². The van der Waals surface area contributed by atoms with Crippen LogP contribution in [-0.2, 0) is 11.4 Å². The van der Waals surface area contributed by atoms with Gasteiger partial charge in [0.2, 0.25) is 0 Å². The monoisotopic (exact) mass is 345 g/mol. The Bertz CT molecular complexity index is 695. The second-order valence-corrected chi connectivity index (χ2v) is 5.36. The van der Waals surface area contributed by atoms with Crippen molar-refractivity contribution >= 4 is 23.5 Å². The van der Waals surface area contributed by atoms with Gasteiger partial charge in [-0.3, -0.25) is 0 Å². The standard InChI is InChI=1S/C14H10F3NO4S/c15-14(16,17)22-10-3-1-9(2-4-10)7-18-21-8-11-5-6-12(23-11)13(19)20/h1-7H,8H2,(H,19,20)/b18-7-. The number of benzene rings is 1. The highest BCUT2D eigenvalue weighted by Gasteiger charge is 2.30. The maximum absolute atomic E-state index is 12.0. The molecule has 5 nitrogen and oxygen atoms in total. The van der Waals surface area contributed by atoms with Gasteiger partial charge in [0.05, 0.1) is 6.21 Å². The molecule has 0 radical (unpaired) electrons. The van der Waals surface area contributed by atoms with Crippen molar-refractivity contribution in [2.45, 2.75) is 13.0 Å². The number of aromatic carboxylic acids is 1. The fourth-order valence-electron chi connectivity index (χ4n) is 1.53. The van der Waals surface area contributed by atoms with E-state index in [1.807, 2.05) is 0 Å². The third-order valence-corrected chi connectivity index (χ3v) is 3.52. The summed E-state index contributed by atoms with van der Waals surface area (Å²) in [5.74, 6) is -1.33. The van der Waals surface area contributed by atoms with Crippen molar-refractivity contribution < 1.29 is 32.6 Å². The number of carboxylic acids is 1. The van der Waals surface area contributed by atoms with Crippen LogP contribution in [0.1, 0.15) is 20.1 Å². The number of ether oxygens (including phenoxy) is 1. The quantitative estimate of drug-likeness (QED) is 0.637. The molecule has 1 heterocycles. The number of hydrogen-bond acceptors (Lipinski definition) is 5. The minimum Gasteiger partial charge on any atom is -0.477 e. The minimum atomic E-state index is -4.73. The number of halogens is 3.